The summed E-state index contributed by atoms with van der Waals surface area (Å²) >= 11 is 0. The van der Waals surface area contributed by atoms with Crippen molar-refractivity contribution in [2.24, 2.45) is 0 Å². The summed E-state index contributed by atoms with van der Waals surface area (Å²) in [6.07, 6.45) is 8.33. The monoisotopic (exact) mass is 595 g/mol. The van der Waals surface area contributed by atoms with Crippen LogP contribution in [0.15, 0.2) is 51.1 Å². The Hall–Kier alpha value is -2.55. The van der Waals surface area contributed by atoms with Gasteiger partial charge in [0.15, 0.2) is 0 Å². The molecule has 0 spiro atoms. The van der Waals surface area contributed by atoms with E-state index in [0.29, 0.717) is 12.5 Å². The van der Waals surface area contributed by atoms with E-state index in [1.807, 2.05) is 0 Å². The van der Waals surface area contributed by atoms with Crippen LogP contribution in [0.25, 0.3) is 32.3 Å². The van der Waals surface area contributed by atoms with Crippen molar-refractivity contribution in [2.45, 2.75) is 73.0 Å². The minimum atomic E-state index is -5.25. The summed E-state index contributed by atoms with van der Waals surface area (Å²) in [5, 5.41) is -0.404. The highest BCUT2D eigenvalue weighted by atomic mass is 32.2. The van der Waals surface area contributed by atoms with E-state index in [1.165, 1.54) is 31.0 Å². The summed E-state index contributed by atoms with van der Waals surface area (Å²) in [6.45, 7) is 2.35. The van der Waals surface area contributed by atoms with E-state index in [-0.39, 0.29) is 44.7 Å². The van der Waals surface area contributed by atoms with Crippen molar-refractivity contribution in [1.29, 1.82) is 0 Å². The zero-order chi connectivity index (χ0) is 28.6. The molecule has 0 saturated heterocycles. The van der Waals surface area contributed by atoms with Gasteiger partial charge in [0.05, 0.1) is 21.3 Å². The van der Waals surface area contributed by atoms with Gasteiger partial charge in [0.2, 0.25) is 0 Å². The van der Waals surface area contributed by atoms with Gasteiger partial charge >= 0.3 is 0 Å². The van der Waals surface area contributed by atoms with Crippen LogP contribution >= 0.6 is 0 Å². The van der Waals surface area contributed by atoms with Gasteiger partial charge in [0, 0.05) is 32.3 Å². The van der Waals surface area contributed by atoms with E-state index in [9.17, 15) is 38.9 Å². The van der Waals surface area contributed by atoms with Gasteiger partial charge < -0.3 is 18.4 Å². The maximum Gasteiger partial charge on any atom is 0.128 e. The Bertz CT molecular complexity index is 1790. The van der Waals surface area contributed by atoms with Gasteiger partial charge in [-0.25, -0.2) is 25.3 Å². The summed E-state index contributed by atoms with van der Waals surface area (Å²) in [5.41, 5.74) is 0. The molecule has 0 aromatic heterocycles. The molecule has 4 rings (SSSR count). The Morgan fingerprint density at radius 2 is 0.949 bits per heavy atom. The second-order valence-corrected chi connectivity index (χ2v) is 13.5. The fourth-order valence-corrected chi connectivity index (χ4v) is 7.19. The lowest BCUT2D eigenvalue weighted by Gasteiger charge is -2.22. The number of hydrogen-bond donors (Lipinski definition) is 0. The first-order valence-electron chi connectivity index (χ1n) is 12.5. The minimum Gasteiger partial charge on any atom is -0.744 e. The maximum atomic E-state index is 12.2. The van der Waals surface area contributed by atoms with Crippen molar-refractivity contribution in [1.82, 2.24) is 0 Å². The van der Waals surface area contributed by atoms with Crippen LogP contribution in [0.1, 0.15) is 58.3 Å². The van der Waals surface area contributed by atoms with Crippen LogP contribution in [0.3, 0.4) is 0 Å². The average Bonchev–Trinajstić information content (AvgIpc) is 2.84. The van der Waals surface area contributed by atoms with Gasteiger partial charge in [-0.3, -0.25) is 0 Å². The summed E-state index contributed by atoms with van der Waals surface area (Å²) in [7, 11) is -15.6. The lowest BCUT2D eigenvalue weighted by atomic mass is 9.93. The summed E-state index contributed by atoms with van der Waals surface area (Å²) in [4.78, 5) is -2.55. The van der Waals surface area contributed by atoms with E-state index in [4.69, 9.17) is 4.74 Å². The van der Waals surface area contributed by atoms with Gasteiger partial charge in [-0.05, 0) is 24.6 Å². The predicted molar refractivity (Wildman–Crippen MR) is 142 cm³/mol. The van der Waals surface area contributed by atoms with Crippen molar-refractivity contribution in [3.05, 3.63) is 36.4 Å². The van der Waals surface area contributed by atoms with Crippen LogP contribution in [0, 0.1) is 0 Å². The molecule has 10 nitrogen and oxygen atoms in total. The topological polar surface area (TPSA) is 181 Å². The standard InChI is InChI=1S/C26H30O10S3/c1-2-3-4-5-6-7-8-9-14-36-21-15-22(37(27,28)29)18-12-13-20-24(39(33,34)35)16-23(38(30,31)32)19-11-10-17(21)25(18)26(19)20/h10-13,15-16H,2-9,14H2,1H3,(H,27,28,29)(H,30,31,32)(H,33,34,35)/p-3. The molecule has 0 aliphatic rings. The Balaban J connectivity index is 1.86. The molecular weight excluding hydrogens is 568 g/mol. The Morgan fingerprint density at radius 3 is 1.41 bits per heavy atom. The molecule has 0 unspecified atom stereocenters. The fourth-order valence-electron chi connectivity index (χ4n) is 5.02. The van der Waals surface area contributed by atoms with Crippen molar-refractivity contribution < 1.29 is 43.6 Å². The summed E-state index contributed by atoms with van der Waals surface area (Å²) in [6, 6.07) is 6.57. The number of rotatable bonds is 13. The van der Waals surface area contributed by atoms with Crippen LogP contribution in [0.4, 0.5) is 0 Å². The fraction of sp³-hybridized carbons (Fsp3) is 0.385. The van der Waals surface area contributed by atoms with Crippen molar-refractivity contribution in [2.75, 3.05) is 6.61 Å². The molecule has 0 saturated carbocycles. The number of unbranched alkanes of at least 4 members (excludes halogenated alkanes) is 7. The highest BCUT2D eigenvalue weighted by molar-refractivity contribution is 7.87. The first-order chi connectivity index (χ1) is 18.2. The number of ether oxygens (including phenoxy) is 1. The van der Waals surface area contributed by atoms with E-state index in [1.54, 1.807) is 0 Å². The van der Waals surface area contributed by atoms with Crippen molar-refractivity contribution in [3.63, 3.8) is 0 Å². The van der Waals surface area contributed by atoms with Crippen molar-refractivity contribution >= 4 is 62.7 Å². The molecule has 0 atom stereocenters. The smallest absolute Gasteiger partial charge is 0.128 e. The molecule has 13 heteroatoms. The van der Waals surface area contributed by atoms with Gasteiger partial charge in [-0.1, -0.05) is 70.1 Å². The van der Waals surface area contributed by atoms with Gasteiger partial charge in [0.25, 0.3) is 0 Å². The molecule has 39 heavy (non-hydrogen) atoms. The SMILES string of the molecule is CCCCCCCCCCOc1cc(S(=O)(=O)[O-])c2ccc3c(S(=O)(=O)[O-])cc(S(=O)(=O)[O-])c4ccc1c2c43. The second kappa shape index (κ2) is 11.1. The molecule has 0 heterocycles. The van der Waals surface area contributed by atoms with E-state index in [2.05, 4.69) is 6.92 Å². The Morgan fingerprint density at radius 1 is 0.564 bits per heavy atom. The normalized spacial score (nSPS) is 13.1. The van der Waals surface area contributed by atoms with Crippen molar-refractivity contribution in [3.8, 4) is 5.75 Å². The predicted octanol–water partition coefficient (Wildman–Crippen LogP) is 4.82. The molecule has 0 N–H and O–H groups in total. The molecule has 4 aromatic carbocycles. The van der Waals surface area contributed by atoms with Gasteiger partial charge in [-0.2, -0.15) is 0 Å². The van der Waals surface area contributed by atoms with Crippen LogP contribution in [-0.4, -0.2) is 45.5 Å². The van der Waals surface area contributed by atoms with Gasteiger partial charge in [0.1, 0.15) is 36.1 Å². The zero-order valence-electron chi connectivity index (χ0n) is 21.1. The Kier molecular flexibility index (Phi) is 8.41. The number of benzene rings is 4. The molecule has 0 aliphatic heterocycles. The highest BCUT2D eigenvalue weighted by Crippen LogP contribution is 2.45. The molecule has 4 aromatic rings. The largest absolute Gasteiger partial charge is 0.744 e. The van der Waals surface area contributed by atoms with Crippen LogP contribution in [0.5, 0.6) is 5.75 Å². The first-order valence-corrected chi connectivity index (χ1v) is 16.8. The molecular formula is C26H27O10S3-3. The average molecular weight is 596 g/mol. The molecule has 0 fully saturated rings. The van der Waals surface area contributed by atoms with E-state index < -0.39 is 45.0 Å². The third-order valence-corrected chi connectivity index (χ3v) is 9.44. The molecule has 0 radical (unpaired) electrons. The summed E-state index contributed by atoms with van der Waals surface area (Å²) in [5.74, 6) is 0.0242. The Labute approximate surface area is 227 Å². The van der Waals surface area contributed by atoms with Crippen LogP contribution in [0.2, 0.25) is 0 Å². The lowest BCUT2D eigenvalue weighted by Crippen LogP contribution is -2.08. The third kappa shape index (κ3) is 6.13. The van der Waals surface area contributed by atoms with E-state index in [0.717, 1.165) is 44.2 Å². The number of hydrogen-bond acceptors (Lipinski definition) is 10. The second-order valence-electron chi connectivity index (χ2n) is 9.50. The maximum absolute atomic E-state index is 12.2. The molecule has 0 amide bonds. The molecule has 0 aliphatic carbocycles. The highest BCUT2D eigenvalue weighted by Gasteiger charge is 2.23. The van der Waals surface area contributed by atoms with E-state index >= 15 is 0 Å². The lowest BCUT2D eigenvalue weighted by molar-refractivity contribution is 0.307. The summed E-state index contributed by atoms with van der Waals surface area (Å²) < 4.78 is 115. The van der Waals surface area contributed by atoms with Crippen LogP contribution < -0.4 is 4.74 Å². The third-order valence-electron chi connectivity index (χ3n) is 6.81. The molecule has 212 valence electrons. The first kappa shape index (κ1) is 29.4. The zero-order valence-corrected chi connectivity index (χ0v) is 23.6. The molecule has 0 bridgehead atoms. The van der Waals surface area contributed by atoms with Crippen LogP contribution in [-0.2, 0) is 30.4 Å². The van der Waals surface area contributed by atoms with Gasteiger partial charge in [-0.15, -0.1) is 0 Å². The minimum absolute atomic E-state index is 0.00301. The quantitative estimate of drug-likeness (QED) is 0.118.